The average molecular weight is 422 g/mol. The Morgan fingerprint density at radius 2 is 1.55 bits per heavy atom. The van der Waals surface area contributed by atoms with E-state index in [0.29, 0.717) is 0 Å². The molecule has 1 N–H and O–H groups in total. The number of nitrogens with zero attached hydrogens (tertiary/aromatic N) is 1. The fraction of sp³-hybridized carbons (Fsp3) is 0.368. The van der Waals surface area contributed by atoms with Crippen LogP contribution in [0.3, 0.4) is 0 Å². The van der Waals surface area contributed by atoms with Crippen LogP contribution in [0.1, 0.15) is 52.0 Å². The number of hydrogen-bond acceptors (Lipinski definition) is 9. The van der Waals surface area contributed by atoms with Gasteiger partial charge in [0.15, 0.2) is 22.3 Å². The second-order valence-electron chi connectivity index (χ2n) is 6.74. The van der Waals surface area contributed by atoms with Crippen LogP contribution >= 0.6 is 11.3 Å². The molecule has 1 amide bonds. The van der Waals surface area contributed by atoms with E-state index in [-0.39, 0.29) is 33.5 Å². The van der Waals surface area contributed by atoms with E-state index in [0.717, 1.165) is 11.3 Å². The first-order valence-corrected chi connectivity index (χ1v) is 9.32. The van der Waals surface area contributed by atoms with Crippen LogP contribution in [0.2, 0.25) is 0 Å². The normalized spacial score (nSPS) is 10.8. The van der Waals surface area contributed by atoms with Gasteiger partial charge in [0.05, 0.1) is 32.5 Å². The Morgan fingerprint density at radius 3 is 2.07 bits per heavy atom. The van der Waals surface area contributed by atoms with Gasteiger partial charge in [-0.3, -0.25) is 10.1 Å². The number of aromatic nitrogens is 1. The lowest BCUT2D eigenvalue weighted by atomic mass is 10.0. The highest BCUT2D eigenvalue weighted by Gasteiger charge is 2.26. The van der Waals surface area contributed by atoms with Crippen LogP contribution in [0.15, 0.2) is 17.5 Å². The molecule has 2 rings (SSSR count). The van der Waals surface area contributed by atoms with Gasteiger partial charge in [-0.25, -0.2) is 14.6 Å². The second kappa shape index (κ2) is 8.91. The zero-order valence-corrected chi connectivity index (χ0v) is 17.8. The second-order valence-corrected chi connectivity index (χ2v) is 7.60. The molecule has 0 spiro atoms. The molecule has 9 nitrogen and oxygen atoms in total. The van der Waals surface area contributed by atoms with E-state index in [1.807, 2.05) is 0 Å². The minimum Gasteiger partial charge on any atom is -0.493 e. The summed E-state index contributed by atoms with van der Waals surface area (Å²) in [6.07, 6.45) is 0. The van der Waals surface area contributed by atoms with Gasteiger partial charge >= 0.3 is 11.9 Å². The molecule has 0 bridgehead atoms. The Bertz CT molecular complexity index is 931. The zero-order valence-electron chi connectivity index (χ0n) is 16.9. The predicted molar refractivity (Wildman–Crippen MR) is 106 cm³/mol. The highest BCUT2D eigenvalue weighted by Crippen LogP contribution is 2.32. The van der Waals surface area contributed by atoms with E-state index in [1.165, 1.54) is 38.8 Å². The summed E-state index contributed by atoms with van der Waals surface area (Å²) in [5.74, 6) is -1.41. The van der Waals surface area contributed by atoms with Crippen molar-refractivity contribution < 1.29 is 33.3 Å². The first-order chi connectivity index (χ1) is 13.6. The molecule has 0 aliphatic rings. The van der Waals surface area contributed by atoms with Crippen molar-refractivity contribution in [3.8, 4) is 11.5 Å². The average Bonchev–Trinajstić information content (AvgIpc) is 3.13. The van der Waals surface area contributed by atoms with Gasteiger partial charge in [-0.1, -0.05) is 0 Å². The summed E-state index contributed by atoms with van der Waals surface area (Å²) in [6.45, 7) is 5.15. The Morgan fingerprint density at radius 1 is 0.966 bits per heavy atom. The number of amides is 1. The maximum Gasteiger partial charge on any atom is 0.357 e. The molecule has 0 saturated heterocycles. The van der Waals surface area contributed by atoms with Gasteiger partial charge in [-0.2, -0.15) is 0 Å². The molecule has 1 heterocycles. The molecule has 1 aromatic heterocycles. The lowest BCUT2D eigenvalue weighted by Crippen LogP contribution is -2.26. The standard InChI is InChI=1S/C19H22N2O7S/c1-19(2,3)28-16(23)11-8-14(26-5)13(25-4)7-10(11)15(22)21-18-20-12(9-29-18)17(24)27-6/h7-9H,1-6H3,(H,20,21,22). The van der Waals surface area contributed by atoms with Crippen molar-refractivity contribution >= 4 is 34.3 Å². The molecule has 0 fully saturated rings. The topological polar surface area (TPSA) is 113 Å². The van der Waals surface area contributed by atoms with E-state index in [1.54, 1.807) is 20.8 Å². The van der Waals surface area contributed by atoms with Gasteiger partial charge in [0.25, 0.3) is 5.91 Å². The summed E-state index contributed by atoms with van der Waals surface area (Å²) in [5, 5.41) is 4.18. The van der Waals surface area contributed by atoms with Crippen molar-refractivity contribution in [3.63, 3.8) is 0 Å². The number of carbonyl (C=O) groups is 3. The van der Waals surface area contributed by atoms with E-state index in [4.69, 9.17) is 14.2 Å². The van der Waals surface area contributed by atoms with Crippen molar-refractivity contribution in [1.29, 1.82) is 0 Å². The van der Waals surface area contributed by atoms with Crippen molar-refractivity contribution in [2.24, 2.45) is 0 Å². The molecule has 0 radical (unpaired) electrons. The first kappa shape index (κ1) is 22.2. The number of carbonyl (C=O) groups excluding carboxylic acids is 3. The number of hydrogen-bond donors (Lipinski definition) is 1. The highest BCUT2D eigenvalue weighted by atomic mass is 32.1. The third kappa shape index (κ3) is 5.44. The number of anilines is 1. The molecule has 0 aliphatic carbocycles. The summed E-state index contributed by atoms with van der Waals surface area (Å²) in [4.78, 5) is 41.0. The van der Waals surface area contributed by atoms with Crippen LogP contribution < -0.4 is 14.8 Å². The SMILES string of the molecule is COC(=O)c1csc(NC(=O)c2cc(OC)c(OC)cc2C(=O)OC(C)(C)C)n1. The van der Waals surface area contributed by atoms with Gasteiger partial charge in [-0.15, -0.1) is 11.3 Å². The first-order valence-electron chi connectivity index (χ1n) is 8.44. The Hall–Kier alpha value is -3.14. The van der Waals surface area contributed by atoms with E-state index >= 15 is 0 Å². The highest BCUT2D eigenvalue weighted by molar-refractivity contribution is 7.14. The zero-order chi connectivity index (χ0) is 21.8. The molecule has 29 heavy (non-hydrogen) atoms. The monoisotopic (exact) mass is 422 g/mol. The molecule has 156 valence electrons. The third-order valence-corrected chi connectivity index (χ3v) is 4.26. The van der Waals surface area contributed by atoms with Crippen LogP contribution in [0.4, 0.5) is 5.13 Å². The van der Waals surface area contributed by atoms with Crippen molar-refractivity contribution in [2.75, 3.05) is 26.6 Å². The maximum absolute atomic E-state index is 12.9. The lowest BCUT2D eigenvalue weighted by molar-refractivity contribution is 0.00672. The van der Waals surface area contributed by atoms with Crippen molar-refractivity contribution in [3.05, 3.63) is 34.3 Å². The summed E-state index contributed by atoms with van der Waals surface area (Å²) in [6, 6.07) is 2.76. The van der Waals surface area contributed by atoms with Crippen molar-refractivity contribution in [2.45, 2.75) is 26.4 Å². The molecule has 0 saturated carbocycles. The molecule has 0 aliphatic heterocycles. The number of esters is 2. The Balaban J connectivity index is 2.42. The van der Waals surface area contributed by atoms with E-state index < -0.39 is 23.4 Å². The number of methoxy groups -OCH3 is 3. The predicted octanol–water partition coefficient (Wildman–Crippen LogP) is 3.15. The Kier molecular flexibility index (Phi) is 6.80. The van der Waals surface area contributed by atoms with Crippen LogP contribution in [0, 0.1) is 0 Å². The van der Waals surface area contributed by atoms with Gasteiger partial charge < -0.3 is 18.9 Å². The molecule has 2 aromatic rings. The third-order valence-electron chi connectivity index (χ3n) is 3.51. The number of ether oxygens (including phenoxy) is 4. The van der Waals surface area contributed by atoms with Crippen molar-refractivity contribution in [1.82, 2.24) is 4.98 Å². The molecule has 10 heteroatoms. The number of rotatable bonds is 6. The number of benzene rings is 1. The quantitative estimate of drug-likeness (QED) is 0.707. The maximum atomic E-state index is 12.9. The molecular weight excluding hydrogens is 400 g/mol. The molecule has 0 unspecified atom stereocenters. The number of nitrogens with one attached hydrogen (secondary N) is 1. The minimum atomic E-state index is -0.761. The van der Waals surface area contributed by atoms with Crippen LogP contribution in [-0.2, 0) is 9.47 Å². The Labute approximate surface area is 171 Å². The largest absolute Gasteiger partial charge is 0.493 e. The van der Waals surface area contributed by atoms with Crippen LogP contribution in [0.5, 0.6) is 11.5 Å². The fourth-order valence-corrected chi connectivity index (χ4v) is 2.94. The summed E-state index contributed by atoms with van der Waals surface area (Å²) in [7, 11) is 4.06. The molecule has 0 atom stereocenters. The molecule has 1 aromatic carbocycles. The van der Waals surface area contributed by atoms with Gasteiger partial charge in [0, 0.05) is 5.38 Å². The van der Waals surface area contributed by atoms with Crippen LogP contribution in [-0.4, -0.2) is 49.8 Å². The van der Waals surface area contributed by atoms with E-state index in [2.05, 4.69) is 15.0 Å². The number of thiazole rings is 1. The van der Waals surface area contributed by atoms with Gasteiger partial charge in [-0.05, 0) is 32.9 Å². The molecular formula is C19H22N2O7S. The van der Waals surface area contributed by atoms with E-state index in [9.17, 15) is 14.4 Å². The minimum absolute atomic E-state index is 0.000164. The summed E-state index contributed by atoms with van der Waals surface area (Å²) < 4.78 is 20.4. The fourth-order valence-electron chi connectivity index (χ4n) is 2.26. The summed E-state index contributed by atoms with van der Waals surface area (Å²) in [5.41, 5.74) is -0.693. The smallest absolute Gasteiger partial charge is 0.357 e. The lowest BCUT2D eigenvalue weighted by Gasteiger charge is -2.21. The van der Waals surface area contributed by atoms with Crippen LogP contribution in [0.25, 0.3) is 0 Å². The summed E-state index contributed by atoms with van der Waals surface area (Å²) >= 11 is 1.04. The van der Waals surface area contributed by atoms with Gasteiger partial charge in [0.1, 0.15) is 5.60 Å². The van der Waals surface area contributed by atoms with Gasteiger partial charge in [0.2, 0.25) is 0 Å².